The average molecular weight is 381 g/mol. The van der Waals surface area contributed by atoms with Crippen LogP contribution in [0, 0.1) is 20.8 Å². The van der Waals surface area contributed by atoms with E-state index in [1.165, 1.54) is 49.9 Å². The molecule has 0 aliphatic heterocycles. The summed E-state index contributed by atoms with van der Waals surface area (Å²) in [4.78, 5) is 7.14. The summed E-state index contributed by atoms with van der Waals surface area (Å²) in [5, 5.41) is 2.49. The molecule has 2 nitrogen and oxygen atoms in total. The highest BCUT2D eigenvalue weighted by atomic mass is 15.1. The summed E-state index contributed by atoms with van der Waals surface area (Å²) < 4.78 is 0. The molecule has 0 heterocycles. The molecule has 0 N–H and O–H groups in total. The quantitative estimate of drug-likeness (QED) is 0.457. The Labute approximate surface area is 173 Å². The first-order valence-corrected chi connectivity index (χ1v) is 10.2. The van der Waals surface area contributed by atoms with Crippen molar-refractivity contribution in [2.75, 3.05) is 14.1 Å². The third kappa shape index (κ3) is 3.75. The maximum atomic E-state index is 4.97. The zero-order valence-electron chi connectivity index (χ0n) is 18.0. The number of fused-ring (bicyclic) bond motifs is 1. The van der Waals surface area contributed by atoms with Crippen LogP contribution in [0.25, 0.3) is 16.3 Å². The largest absolute Gasteiger partial charge is 0.378 e. The van der Waals surface area contributed by atoms with Crippen molar-refractivity contribution in [1.29, 1.82) is 0 Å². The number of likely N-dealkylation sites (N-methyl/N-ethyl adjacent to an activating group) is 1. The number of aliphatic imine (C=N–C) groups is 1. The van der Waals surface area contributed by atoms with Gasteiger partial charge in [0.05, 0.1) is 5.69 Å². The second-order valence-corrected chi connectivity index (χ2v) is 8.15. The molecule has 0 amide bonds. The lowest BCUT2D eigenvalue weighted by Crippen LogP contribution is -2.07. The van der Waals surface area contributed by atoms with Gasteiger partial charge in [0.25, 0.3) is 0 Å². The predicted octanol–water partition coefficient (Wildman–Crippen LogP) is 6.75. The molecule has 3 aromatic carbocycles. The highest BCUT2D eigenvalue weighted by Gasteiger charge is 2.15. The number of aryl methyl sites for hydroxylation is 3. The molecule has 146 valence electrons. The highest BCUT2D eigenvalue weighted by Crippen LogP contribution is 2.34. The number of nitrogens with zero attached hydrogens (tertiary/aromatic N) is 2. The summed E-state index contributed by atoms with van der Waals surface area (Å²) in [6, 6.07) is 17.5. The number of allylic oxidation sites excluding steroid dienone is 3. The Bertz CT molecular complexity index is 1150. The van der Waals surface area contributed by atoms with E-state index in [0.29, 0.717) is 0 Å². The van der Waals surface area contributed by atoms with Gasteiger partial charge >= 0.3 is 0 Å². The standard InChI is InChI=1S/C27H28N2/c1-18-14-19(2)27(20(3)15-18)28-17-26-24-9-7-6-8-21(24)11-13-25(26)22-10-12-23(16-22)29(4)5/h6-9,11-17H,10H2,1-5H3/b28-17+. The van der Waals surface area contributed by atoms with Crippen molar-refractivity contribution in [2.45, 2.75) is 27.2 Å². The van der Waals surface area contributed by atoms with Crippen LogP contribution in [0.5, 0.6) is 0 Å². The van der Waals surface area contributed by atoms with E-state index >= 15 is 0 Å². The van der Waals surface area contributed by atoms with Crippen LogP contribution < -0.4 is 0 Å². The van der Waals surface area contributed by atoms with Gasteiger partial charge in [-0.05, 0) is 66.3 Å². The van der Waals surface area contributed by atoms with E-state index < -0.39 is 0 Å². The zero-order valence-corrected chi connectivity index (χ0v) is 18.0. The fourth-order valence-corrected chi connectivity index (χ4v) is 4.23. The highest BCUT2D eigenvalue weighted by molar-refractivity contribution is 6.05. The van der Waals surface area contributed by atoms with Crippen LogP contribution in [0.2, 0.25) is 0 Å². The molecular formula is C27H28N2. The summed E-state index contributed by atoms with van der Waals surface area (Å²) >= 11 is 0. The first kappa shape index (κ1) is 19.2. The molecule has 0 atom stereocenters. The van der Waals surface area contributed by atoms with E-state index in [1.54, 1.807) is 0 Å². The van der Waals surface area contributed by atoms with Gasteiger partial charge in [-0.2, -0.15) is 0 Å². The van der Waals surface area contributed by atoms with Crippen molar-refractivity contribution in [1.82, 2.24) is 4.90 Å². The molecule has 0 radical (unpaired) electrons. The Balaban J connectivity index is 1.86. The predicted molar refractivity (Wildman–Crippen MR) is 126 cm³/mol. The Kier molecular flexibility index (Phi) is 5.10. The molecule has 29 heavy (non-hydrogen) atoms. The Morgan fingerprint density at radius 1 is 0.931 bits per heavy atom. The normalized spacial score (nSPS) is 13.8. The first-order valence-electron chi connectivity index (χ1n) is 10.2. The molecule has 0 saturated heterocycles. The molecule has 0 bridgehead atoms. The molecule has 0 unspecified atom stereocenters. The lowest BCUT2D eigenvalue weighted by molar-refractivity contribution is 0.531. The lowest BCUT2D eigenvalue weighted by Gasteiger charge is -2.13. The molecule has 0 saturated carbocycles. The maximum absolute atomic E-state index is 4.97. The Hall–Kier alpha value is -3.13. The zero-order chi connectivity index (χ0) is 20.5. The summed E-state index contributed by atoms with van der Waals surface area (Å²) in [6.07, 6.45) is 7.61. The van der Waals surface area contributed by atoms with Crippen LogP contribution in [0.1, 0.15) is 34.2 Å². The van der Waals surface area contributed by atoms with Crippen LogP contribution in [0.3, 0.4) is 0 Å². The van der Waals surface area contributed by atoms with Gasteiger partial charge in [-0.15, -0.1) is 0 Å². The average Bonchev–Trinajstić information content (AvgIpc) is 3.17. The molecule has 0 spiro atoms. The van der Waals surface area contributed by atoms with Gasteiger partial charge in [-0.3, -0.25) is 4.99 Å². The van der Waals surface area contributed by atoms with Crippen LogP contribution in [0.4, 0.5) is 5.69 Å². The minimum Gasteiger partial charge on any atom is -0.378 e. The van der Waals surface area contributed by atoms with Gasteiger partial charge in [-0.25, -0.2) is 0 Å². The maximum Gasteiger partial charge on any atom is 0.0688 e. The van der Waals surface area contributed by atoms with Crippen LogP contribution >= 0.6 is 0 Å². The summed E-state index contributed by atoms with van der Waals surface area (Å²) in [6.45, 7) is 6.42. The first-order chi connectivity index (χ1) is 13.9. The van der Waals surface area contributed by atoms with Gasteiger partial charge in [0.1, 0.15) is 0 Å². The third-order valence-corrected chi connectivity index (χ3v) is 5.64. The van der Waals surface area contributed by atoms with Gasteiger partial charge in [-0.1, -0.05) is 60.2 Å². The molecular weight excluding hydrogens is 352 g/mol. The Morgan fingerprint density at radius 2 is 1.66 bits per heavy atom. The smallest absolute Gasteiger partial charge is 0.0688 e. The van der Waals surface area contributed by atoms with E-state index in [-0.39, 0.29) is 0 Å². The van der Waals surface area contributed by atoms with Crippen molar-refractivity contribution in [3.05, 3.63) is 94.2 Å². The van der Waals surface area contributed by atoms with Crippen molar-refractivity contribution < 1.29 is 0 Å². The second kappa shape index (κ2) is 7.71. The van der Waals surface area contributed by atoms with Crippen molar-refractivity contribution >= 4 is 28.2 Å². The van der Waals surface area contributed by atoms with Crippen molar-refractivity contribution in [2.24, 2.45) is 4.99 Å². The number of hydrogen-bond acceptors (Lipinski definition) is 2. The molecule has 0 fully saturated rings. The Morgan fingerprint density at radius 3 is 2.34 bits per heavy atom. The second-order valence-electron chi connectivity index (χ2n) is 8.15. The number of benzene rings is 3. The SMILES string of the molecule is Cc1cc(C)c(/N=C/c2c(C3=CC(N(C)C)=CC3)ccc3ccccc23)c(C)c1. The topological polar surface area (TPSA) is 15.6 Å². The minimum atomic E-state index is 0.954. The van der Waals surface area contributed by atoms with Crippen LogP contribution in [-0.4, -0.2) is 25.2 Å². The van der Waals surface area contributed by atoms with E-state index in [0.717, 1.165) is 12.1 Å². The number of rotatable bonds is 4. The summed E-state index contributed by atoms with van der Waals surface area (Å²) in [5.41, 5.74) is 9.86. The third-order valence-electron chi connectivity index (χ3n) is 5.64. The molecule has 2 heteroatoms. The lowest BCUT2D eigenvalue weighted by atomic mass is 9.94. The monoisotopic (exact) mass is 380 g/mol. The van der Waals surface area contributed by atoms with Gasteiger partial charge in [0.15, 0.2) is 0 Å². The fraction of sp³-hybridized carbons (Fsp3) is 0.222. The van der Waals surface area contributed by atoms with E-state index in [2.05, 4.69) is 107 Å². The fourth-order valence-electron chi connectivity index (χ4n) is 4.23. The number of hydrogen-bond donors (Lipinski definition) is 0. The van der Waals surface area contributed by atoms with Crippen molar-refractivity contribution in [3.8, 4) is 0 Å². The van der Waals surface area contributed by atoms with Gasteiger partial charge < -0.3 is 4.90 Å². The van der Waals surface area contributed by atoms with Crippen LogP contribution in [0.15, 0.2) is 71.4 Å². The molecule has 1 aliphatic rings. The van der Waals surface area contributed by atoms with Gasteiger partial charge in [0, 0.05) is 31.6 Å². The van der Waals surface area contributed by atoms with E-state index in [1.807, 2.05) is 0 Å². The molecule has 3 aromatic rings. The van der Waals surface area contributed by atoms with Crippen LogP contribution in [-0.2, 0) is 0 Å². The van der Waals surface area contributed by atoms with Gasteiger partial charge in [0.2, 0.25) is 0 Å². The molecule has 4 rings (SSSR count). The molecule has 1 aliphatic carbocycles. The van der Waals surface area contributed by atoms with E-state index in [4.69, 9.17) is 4.99 Å². The molecule has 0 aromatic heterocycles. The summed E-state index contributed by atoms with van der Waals surface area (Å²) in [5.74, 6) is 0. The minimum absolute atomic E-state index is 0.954. The van der Waals surface area contributed by atoms with Crippen molar-refractivity contribution in [3.63, 3.8) is 0 Å². The van der Waals surface area contributed by atoms with E-state index in [9.17, 15) is 0 Å². The summed E-state index contributed by atoms with van der Waals surface area (Å²) in [7, 11) is 4.19.